The summed E-state index contributed by atoms with van der Waals surface area (Å²) < 4.78 is 29.8. The first-order valence-corrected chi connectivity index (χ1v) is 7.77. The molecule has 25 heavy (non-hydrogen) atoms. The Balaban J connectivity index is 2.61. The van der Waals surface area contributed by atoms with Gasteiger partial charge in [0.15, 0.2) is 23.6 Å². The molecule has 0 spiro atoms. The summed E-state index contributed by atoms with van der Waals surface area (Å²) in [6.45, 7) is 1.58. The normalized spacial score (nSPS) is 11.9. The van der Waals surface area contributed by atoms with Gasteiger partial charge in [-0.1, -0.05) is 23.2 Å². The van der Waals surface area contributed by atoms with Gasteiger partial charge < -0.3 is 19.9 Å². The van der Waals surface area contributed by atoms with Crippen LogP contribution in [0.5, 0.6) is 5.75 Å². The van der Waals surface area contributed by atoms with Crippen LogP contribution in [0.2, 0.25) is 10.0 Å². The Kier molecular flexibility index (Phi) is 6.05. The number of carbonyl (C=O) groups excluding carboxylic acids is 1. The zero-order valence-electron chi connectivity index (χ0n) is 13.6. The third kappa shape index (κ3) is 3.95. The summed E-state index contributed by atoms with van der Waals surface area (Å²) in [5.74, 6) is -1.78. The van der Waals surface area contributed by atoms with Gasteiger partial charge in [0.1, 0.15) is 0 Å². The number of halogens is 3. The molecule has 0 aliphatic rings. The van der Waals surface area contributed by atoms with Crippen LogP contribution in [0.1, 0.15) is 17.4 Å². The number of esters is 1. The fourth-order valence-corrected chi connectivity index (χ4v) is 2.34. The second-order valence-corrected chi connectivity index (χ2v) is 5.70. The summed E-state index contributed by atoms with van der Waals surface area (Å²) in [5.41, 5.74) is 5.72. The van der Waals surface area contributed by atoms with Crippen molar-refractivity contribution in [1.82, 2.24) is 4.98 Å². The van der Waals surface area contributed by atoms with E-state index < -0.39 is 18.1 Å². The predicted molar refractivity (Wildman–Crippen MR) is 92.5 cm³/mol. The molecular formula is C16H15Cl2FN2O4. The van der Waals surface area contributed by atoms with Crippen molar-refractivity contribution in [3.8, 4) is 17.0 Å². The molecule has 1 atom stereocenters. The molecule has 1 unspecified atom stereocenters. The number of nitrogens with two attached hydrogens (primary N) is 1. The molecule has 0 saturated carbocycles. The van der Waals surface area contributed by atoms with Crippen molar-refractivity contribution >= 4 is 34.9 Å². The molecule has 134 valence electrons. The maximum atomic E-state index is 14.9. The van der Waals surface area contributed by atoms with E-state index in [9.17, 15) is 9.18 Å². The molecule has 0 aliphatic carbocycles. The number of nitrogens with zero attached hydrogens (tertiary/aromatic N) is 1. The van der Waals surface area contributed by atoms with Crippen LogP contribution in [-0.4, -0.2) is 31.5 Å². The van der Waals surface area contributed by atoms with Gasteiger partial charge in [-0.2, -0.15) is 0 Å². The number of carbonyl (C=O) groups is 1. The van der Waals surface area contributed by atoms with Gasteiger partial charge >= 0.3 is 5.97 Å². The van der Waals surface area contributed by atoms with Crippen molar-refractivity contribution in [2.24, 2.45) is 0 Å². The fourth-order valence-electron chi connectivity index (χ4n) is 1.97. The molecule has 0 bridgehead atoms. The third-order valence-electron chi connectivity index (χ3n) is 3.31. The molecule has 0 aliphatic heterocycles. The molecule has 1 aromatic carbocycles. The Labute approximate surface area is 153 Å². The molecule has 0 fully saturated rings. The Morgan fingerprint density at radius 3 is 2.60 bits per heavy atom. The number of rotatable bonds is 5. The van der Waals surface area contributed by atoms with Crippen molar-refractivity contribution in [1.29, 1.82) is 0 Å². The average Bonchev–Trinajstić information content (AvgIpc) is 2.60. The largest absolute Gasteiger partial charge is 0.464 e. The quantitative estimate of drug-likeness (QED) is 0.616. The van der Waals surface area contributed by atoms with Crippen molar-refractivity contribution < 1.29 is 23.4 Å². The van der Waals surface area contributed by atoms with E-state index in [-0.39, 0.29) is 38.4 Å². The van der Waals surface area contributed by atoms with E-state index in [4.69, 9.17) is 38.4 Å². The zero-order chi connectivity index (χ0) is 18.7. The van der Waals surface area contributed by atoms with Gasteiger partial charge in [0.05, 0.1) is 28.5 Å². The van der Waals surface area contributed by atoms with Gasteiger partial charge in [0, 0.05) is 12.7 Å². The highest BCUT2D eigenvalue weighted by atomic mass is 35.5. The van der Waals surface area contributed by atoms with Crippen LogP contribution in [0.4, 0.5) is 10.1 Å². The summed E-state index contributed by atoms with van der Waals surface area (Å²) >= 11 is 12.0. The number of methoxy groups -OCH3 is 2. The number of anilines is 1. The first-order valence-electron chi connectivity index (χ1n) is 7.02. The van der Waals surface area contributed by atoms with Crippen molar-refractivity contribution in [2.75, 3.05) is 20.0 Å². The van der Waals surface area contributed by atoms with Gasteiger partial charge in [-0.25, -0.2) is 14.2 Å². The Morgan fingerprint density at radius 2 is 2.00 bits per heavy atom. The van der Waals surface area contributed by atoms with E-state index in [0.29, 0.717) is 0 Å². The minimum atomic E-state index is -0.794. The van der Waals surface area contributed by atoms with Crippen LogP contribution in [-0.2, 0) is 9.47 Å². The molecule has 2 N–H and O–H groups in total. The Morgan fingerprint density at radius 1 is 1.32 bits per heavy atom. The number of benzene rings is 1. The van der Waals surface area contributed by atoms with Gasteiger partial charge in [-0.15, -0.1) is 0 Å². The first-order chi connectivity index (χ1) is 11.8. The molecule has 0 amide bonds. The lowest BCUT2D eigenvalue weighted by Crippen LogP contribution is -2.15. The number of nitrogen functional groups attached to an aromatic ring is 1. The second kappa shape index (κ2) is 7.86. The smallest absolute Gasteiger partial charge is 0.358 e. The minimum Gasteiger partial charge on any atom is -0.464 e. The lowest BCUT2D eigenvalue weighted by atomic mass is 10.1. The van der Waals surface area contributed by atoms with Crippen LogP contribution in [0, 0.1) is 5.82 Å². The third-order valence-corrected chi connectivity index (χ3v) is 4.00. The van der Waals surface area contributed by atoms with Gasteiger partial charge in [-0.3, -0.25) is 0 Å². The minimum absolute atomic E-state index is 0.0243. The van der Waals surface area contributed by atoms with Gasteiger partial charge in [0.2, 0.25) is 0 Å². The summed E-state index contributed by atoms with van der Waals surface area (Å²) in [4.78, 5) is 15.8. The summed E-state index contributed by atoms with van der Waals surface area (Å²) in [5, 5.41) is -0.0188. The molecule has 0 saturated heterocycles. The highest BCUT2D eigenvalue weighted by Gasteiger charge is 2.22. The van der Waals surface area contributed by atoms with E-state index in [0.717, 1.165) is 0 Å². The average molecular weight is 389 g/mol. The maximum Gasteiger partial charge on any atom is 0.358 e. The Bertz CT molecular complexity index is 817. The molecule has 0 radical (unpaired) electrons. The molecule has 2 aromatic rings. The zero-order valence-corrected chi connectivity index (χ0v) is 15.1. The maximum absolute atomic E-state index is 14.9. The van der Waals surface area contributed by atoms with Crippen molar-refractivity contribution in [3.63, 3.8) is 0 Å². The highest BCUT2D eigenvalue weighted by molar-refractivity contribution is 6.35. The monoisotopic (exact) mass is 388 g/mol. The van der Waals surface area contributed by atoms with Crippen molar-refractivity contribution in [3.05, 3.63) is 39.8 Å². The van der Waals surface area contributed by atoms with Crippen LogP contribution >= 0.6 is 23.2 Å². The van der Waals surface area contributed by atoms with Crippen LogP contribution in [0.3, 0.4) is 0 Å². The fraction of sp³-hybridized carbons (Fsp3) is 0.250. The summed E-state index contributed by atoms with van der Waals surface area (Å²) in [7, 11) is 2.58. The Hall–Kier alpha value is -2.09. The van der Waals surface area contributed by atoms with E-state index in [1.807, 2.05) is 0 Å². The molecule has 6 nitrogen and oxygen atoms in total. The van der Waals surface area contributed by atoms with E-state index in [1.54, 1.807) is 6.92 Å². The van der Waals surface area contributed by atoms with Crippen LogP contribution in [0.15, 0.2) is 18.2 Å². The SMILES string of the molecule is COC(=O)c1nc(-c2ccc(Cl)c(OC(C)OC)c2F)cc(N)c1Cl. The summed E-state index contributed by atoms with van der Waals surface area (Å²) in [6, 6.07) is 4.16. The number of hydrogen-bond donors (Lipinski definition) is 1. The lowest BCUT2D eigenvalue weighted by Gasteiger charge is -2.16. The molecule has 1 aromatic heterocycles. The number of aromatic nitrogens is 1. The van der Waals surface area contributed by atoms with Gasteiger partial charge in [-0.05, 0) is 25.1 Å². The topological polar surface area (TPSA) is 83.7 Å². The number of ether oxygens (including phenoxy) is 3. The number of hydrogen-bond acceptors (Lipinski definition) is 6. The number of pyridine rings is 1. The van der Waals surface area contributed by atoms with Crippen LogP contribution in [0.25, 0.3) is 11.3 Å². The van der Waals surface area contributed by atoms with Crippen LogP contribution < -0.4 is 10.5 Å². The van der Waals surface area contributed by atoms with Crippen molar-refractivity contribution in [2.45, 2.75) is 13.2 Å². The van der Waals surface area contributed by atoms with E-state index in [1.165, 1.54) is 32.4 Å². The molecule has 9 heteroatoms. The molecule has 2 rings (SSSR count). The predicted octanol–water partition coefficient (Wildman–Crippen LogP) is 3.93. The van der Waals surface area contributed by atoms with Gasteiger partial charge in [0.25, 0.3) is 0 Å². The molecular weight excluding hydrogens is 374 g/mol. The van der Waals surface area contributed by atoms with E-state index >= 15 is 0 Å². The highest BCUT2D eigenvalue weighted by Crippen LogP contribution is 2.37. The first kappa shape index (κ1) is 19.2. The second-order valence-electron chi connectivity index (χ2n) is 4.91. The molecule has 1 heterocycles. The van der Waals surface area contributed by atoms with E-state index in [2.05, 4.69) is 9.72 Å². The summed E-state index contributed by atoms with van der Waals surface area (Å²) in [6.07, 6.45) is -0.726. The lowest BCUT2D eigenvalue weighted by molar-refractivity contribution is -0.0402. The standard InChI is InChI=1S/C16H15Cl2FN2O4/c1-7(23-2)25-15-9(17)5-4-8(13(15)19)11-6-10(20)12(18)14(21-11)16(22)24-3/h4-7H,1-3H3,(H2,20,21).